The number of pyridine rings is 1. The lowest BCUT2D eigenvalue weighted by atomic mass is 10.2. The number of nitrogens with zero attached hydrogens (tertiary/aromatic N) is 4. The van der Waals surface area contributed by atoms with Crippen LogP contribution in [0.4, 0.5) is 0 Å². The van der Waals surface area contributed by atoms with Crippen molar-refractivity contribution >= 4 is 0 Å². The van der Waals surface area contributed by atoms with Gasteiger partial charge in [-0.15, -0.1) is 0 Å². The summed E-state index contributed by atoms with van der Waals surface area (Å²) in [6, 6.07) is 6.71. The SMILES string of the molecule is CCc1cnc(CN(C)[C@H]2CCN(CCc3ccccn3)C2)o1. The summed E-state index contributed by atoms with van der Waals surface area (Å²) in [7, 11) is 2.17. The maximum Gasteiger partial charge on any atom is 0.208 e. The van der Waals surface area contributed by atoms with Crippen LogP contribution in [-0.2, 0) is 19.4 Å². The fourth-order valence-corrected chi connectivity index (χ4v) is 3.12. The molecule has 1 fully saturated rings. The van der Waals surface area contributed by atoms with Gasteiger partial charge in [0.05, 0.1) is 12.7 Å². The normalized spacial score (nSPS) is 18.8. The largest absolute Gasteiger partial charge is 0.444 e. The summed E-state index contributed by atoms with van der Waals surface area (Å²) in [6.45, 7) is 6.24. The number of oxazole rings is 1. The molecule has 0 saturated carbocycles. The summed E-state index contributed by atoms with van der Waals surface area (Å²) >= 11 is 0. The molecule has 1 aliphatic heterocycles. The van der Waals surface area contributed by atoms with Gasteiger partial charge in [-0.25, -0.2) is 4.98 Å². The molecular weight excluding hydrogens is 288 g/mol. The summed E-state index contributed by atoms with van der Waals surface area (Å²) < 4.78 is 5.72. The number of aryl methyl sites for hydroxylation is 1. The van der Waals surface area contributed by atoms with Gasteiger partial charge in [-0.3, -0.25) is 9.88 Å². The molecular formula is C18H26N4O. The van der Waals surface area contributed by atoms with Crippen LogP contribution in [0.5, 0.6) is 0 Å². The van der Waals surface area contributed by atoms with Crippen molar-refractivity contribution in [2.75, 3.05) is 26.7 Å². The number of aromatic nitrogens is 2. The minimum Gasteiger partial charge on any atom is -0.444 e. The Bertz CT molecular complexity index is 598. The van der Waals surface area contributed by atoms with Crippen molar-refractivity contribution in [1.29, 1.82) is 0 Å². The first-order valence-corrected chi connectivity index (χ1v) is 8.50. The van der Waals surface area contributed by atoms with E-state index < -0.39 is 0 Å². The molecule has 0 aliphatic carbocycles. The Morgan fingerprint density at radius 3 is 3.00 bits per heavy atom. The average molecular weight is 314 g/mol. The second-order valence-electron chi connectivity index (χ2n) is 6.30. The molecule has 3 heterocycles. The Labute approximate surface area is 138 Å². The van der Waals surface area contributed by atoms with Crippen molar-refractivity contribution in [2.24, 2.45) is 0 Å². The third-order valence-corrected chi connectivity index (χ3v) is 4.62. The molecule has 0 aromatic carbocycles. The van der Waals surface area contributed by atoms with Crippen LogP contribution in [0.1, 0.15) is 30.7 Å². The van der Waals surface area contributed by atoms with E-state index in [1.54, 1.807) is 0 Å². The van der Waals surface area contributed by atoms with Gasteiger partial charge in [0, 0.05) is 43.9 Å². The van der Waals surface area contributed by atoms with Gasteiger partial charge in [-0.05, 0) is 32.1 Å². The molecule has 2 aromatic rings. The molecule has 5 nitrogen and oxygen atoms in total. The molecule has 0 unspecified atom stereocenters. The number of likely N-dealkylation sites (tertiary alicyclic amines) is 1. The van der Waals surface area contributed by atoms with Crippen molar-refractivity contribution in [3.63, 3.8) is 0 Å². The van der Waals surface area contributed by atoms with E-state index in [1.807, 2.05) is 18.5 Å². The van der Waals surface area contributed by atoms with Crippen molar-refractivity contribution in [3.05, 3.63) is 47.9 Å². The van der Waals surface area contributed by atoms with Gasteiger partial charge in [0.25, 0.3) is 0 Å². The minimum atomic E-state index is 0.579. The van der Waals surface area contributed by atoms with E-state index in [-0.39, 0.29) is 0 Å². The highest BCUT2D eigenvalue weighted by Crippen LogP contribution is 2.17. The first kappa shape index (κ1) is 16.1. The molecule has 23 heavy (non-hydrogen) atoms. The molecule has 124 valence electrons. The number of likely N-dealkylation sites (N-methyl/N-ethyl adjacent to an activating group) is 1. The lowest BCUT2D eigenvalue weighted by Gasteiger charge is -2.23. The highest BCUT2D eigenvalue weighted by molar-refractivity contribution is 5.04. The van der Waals surface area contributed by atoms with Crippen LogP contribution in [0, 0.1) is 0 Å². The van der Waals surface area contributed by atoms with Gasteiger partial charge in [0.15, 0.2) is 0 Å². The van der Waals surface area contributed by atoms with Gasteiger partial charge in [-0.1, -0.05) is 13.0 Å². The van der Waals surface area contributed by atoms with E-state index in [0.717, 1.165) is 50.7 Å². The first-order chi connectivity index (χ1) is 11.2. The Morgan fingerprint density at radius 1 is 1.35 bits per heavy atom. The van der Waals surface area contributed by atoms with E-state index in [9.17, 15) is 0 Å². The zero-order chi connectivity index (χ0) is 16.1. The van der Waals surface area contributed by atoms with Crippen LogP contribution in [0.3, 0.4) is 0 Å². The molecule has 2 aromatic heterocycles. The lowest BCUT2D eigenvalue weighted by molar-refractivity contribution is 0.206. The summed E-state index contributed by atoms with van der Waals surface area (Å²) in [6.07, 6.45) is 6.85. The van der Waals surface area contributed by atoms with Crippen LogP contribution in [0.2, 0.25) is 0 Å². The average Bonchev–Trinajstić information content (AvgIpc) is 3.23. The van der Waals surface area contributed by atoms with Crippen LogP contribution >= 0.6 is 0 Å². The van der Waals surface area contributed by atoms with Gasteiger partial charge >= 0.3 is 0 Å². The Balaban J connectivity index is 1.45. The molecule has 0 amide bonds. The Kier molecular flexibility index (Phi) is 5.41. The molecule has 0 bridgehead atoms. The molecule has 0 radical (unpaired) electrons. The number of hydrogen-bond donors (Lipinski definition) is 0. The molecule has 0 N–H and O–H groups in total. The summed E-state index contributed by atoms with van der Waals surface area (Å²) in [5.74, 6) is 1.80. The van der Waals surface area contributed by atoms with Gasteiger partial charge in [-0.2, -0.15) is 0 Å². The van der Waals surface area contributed by atoms with Crippen molar-refractivity contribution < 1.29 is 4.42 Å². The number of rotatable bonds is 7. The first-order valence-electron chi connectivity index (χ1n) is 8.50. The van der Waals surface area contributed by atoms with Crippen LogP contribution in [0.25, 0.3) is 0 Å². The monoisotopic (exact) mass is 314 g/mol. The topological polar surface area (TPSA) is 45.4 Å². The predicted molar refractivity (Wildman–Crippen MR) is 90.1 cm³/mol. The van der Waals surface area contributed by atoms with Gasteiger partial charge < -0.3 is 9.32 Å². The van der Waals surface area contributed by atoms with Crippen molar-refractivity contribution in [2.45, 2.75) is 38.8 Å². The molecule has 1 aliphatic rings. The third-order valence-electron chi connectivity index (χ3n) is 4.62. The Hall–Kier alpha value is -1.72. The summed E-state index contributed by atoms with van der Waals surface area (Å²) in [5.41, 5.74) is 1.18. The minimum absolute atomic E-state index is 0.579. The molecule has 1 atom stereocenters. The second kappa shape index (κ2) is 7.70. The second-order valence-corrected chi connectivity index (χ2v) is 6.30. The number of hydrogen-bond acceptors (Lipinski definition) is 5. The molecule has 3 rings (SSSR count). The van der Waals surface area contributed by atoms with Crippen molar-refractivity contribution in [3.8, 4) is 0 Å². The van der Waals surface area contributed by atoms with E-state index in [0.29, 0.717) is 6.04 Å². The fraction of sp³-hybridized carbons (Fsp3) is 0.556. The van der Waals surface area contributed by atoms with E-state index in [1.165, 1.54) is 12.1 Å². The maximum atomic E-state index is 5.72. The van der Waals surface area contributed by atoms with Crippen molar-refractivity contribution in [1.82, 2.24) is 19.8 Å². The summed E-state index contributed by atoms with van der Waals surface area (Å²) in [5, 5.41) is 0. The molecule has 1 saturated heterocycles. The summed E-state index contributed by atoms with van der Waals surface area (Å²) in [4.78, 5) is 13.7. The smallest absolute Gasteiger partial charge is 0.208 e. The fourth-order valence-electron chi connectivity index (χ4n) is 3.12. The maximum absolute atomic E-state index is 5.72. The quantitative estimate of drug-likeness (QED) is 0.785. The van der Waals surface area contributed by atoms with Crippen LogP contribution in [-0.4, -0.2) is 52.5 Å². The van der Waals surface area contributed by atoms with E-state index in [4.69, 9.17) is 4.42 Å². The lowest BCUT2D eigenvalue weighted by Crippen LogP contribution is -2.34. The predicted octanol–water partition coefficient (Wildman–Crippen LogP) is 2.38. The Morgan fingerprint density at radius 2 is 2.26 bits per heavy atom. The van der Waals surface area contributed by atoms with E-state index >= 15 is 0 Å². The standard InChI is InChI=1S/C18H26N4O/c1-3-17-12-20-18(23-17)14-21(2)16-8-11-22(13-16)10-7-15-6-4-5-9-19-15/h4-6,9,12,16H,3,7-8,10-11,13-14H2,1-2H3/t16-/m0/s1. The highest BCUT2D eigenvalue weighted by atomic mass is 16.4. The van der Waals surface area contributed by atoms with E-state index in [2.05, 4.69) is 45.9 Å². The molecule has 0 spiro atoms. The van der Waals surface area contributed by atoms with Gasteiger partial charge in [0.2, 0.25) is 5.89 Å². The molecule has 5 heteroatoms. The van der Waals surface area contributed by atoms with Crippen LogP contribution < -0.4 is 0 Å². The van der Waals surface area contributed by atoms with Gasteiger partial charge in [0.1, 0.15) is 5.76 Å². The third kappa shape index (κ3) is 4.39. The zero-order valence-corrected chi connectivity index (χ0v) is 14.1. The zero-order valence-electron chi connectivity index (χ0n) is 14.1. The highest BCUT2D eigenvalue weighted by Gasteiger charge is 2.26. The van der Waals surface area contributed by atoms with Crippen LogP contribution in [0.15, 0.2) is 35.0 Å².